The predicted octanol–water partition coefficient (Wildman–Crippen LogP) is 2.34. The number of aryl methyl sites for hydroxylation is 1. The quantitative estimate of drug-likeness (QED) is 0.911. The van der Waals surface area contributed by atoms with Crippen molar-refractivity contribution in [1.82, 2.24) is 4.90 Å². The van der Waals surface area contributed by atoms with Crippen molar-refractivity contribution < 1.29 is 14.7 Å². The minimum atomic E-state index is -0.811. The fourth-order valence-electron chi connectivity index (χ4n) is 3.09. The molecule has 1 N–H and O–H groups in total. The number of likely N-dealkylation sites (tertiary alicyclic amines) is 1. The summed E-state index contributed by atoms with van der Waals surface area (Å²) in [5, 5.41) is 9.12. The smallest absolute Gasteiger partial charge is 0.311 e. The number of carboxylic acid groups (broad SMARTS) is 1. The molecule has 0 unspecified atom stereocenters. The zero-order valence-corrected chi connectivity index (χ0v) is 12.9. The van der Waals surface area contributed by atoms with Gasteiger partial charge >= 0.3 is 5.97 Å². The van der Waals surface area contributed by atoms with Crippen LogP contribution in [-0.2, 0) is 16.0 Å². The van der Waals surface area contributed by atoms with E-state index in [-0.39, 0.29) is 11.2 Å². The zero-order valence-electron chi connectivity index (χ0n) is 12.0. The van der Waals surface area contributed by atoms with Crippen LogP contribution in [0.1, 0.15) is 29.7 Å². The first-order valence-electron chi connectivity index (χ1n) is 7.23. The van der Waals surface area contributed by atoms with E-state index in [0.717, 1.165) is 17.7 Å². The van der Waals surface area contributed by atoms with Gasteiger partial charge in [-0.25, -0.2) is 0 Å². The minimum Gasteiger partial charge on any atom is -0.481 e. The number of rotatable bonds is 2. The van der Waals surface area contributed by atoms with E-state index < -0.39 is 11.4 Å². The van der Waals surface area contributed by atoms with Crippen LogP contribution < -0.4 is 0 Å². The first kappa shape index (κ1) is 14.4. The maximum atomic E-state index is 12.8. The van der Waals surface area contributed by atoms with Gasteiger partial charge in [0, 0.05) is 13.1 Å². The summed E-state index contributed by atoms with van der Waals surface area (Å²) in [6, 6.07) is 8.08. The van der Waals surface area contributed by atoms with Crippen LogP contribution >= 0.6 is 11.8 Å². The van der Waals surface area contributed by atoms with Gasteiger partial charge in [0.2, 0.25) is 5.91 Å². The summed E-state index contributed by atoms with van der Waals surface area (Å²) in [5.41, 5.74) is 1.55. The van der Waals surface area contributed by atoms with Crippen LogP contribution in [0.15, 0.2) is 24.3 Å². The number of fused-ring (bicyclic) bond motifs is 1. The highest BCUT2D eigenvalue weighted by Crippen LogP contribution is 2.40. The number of hydrogen-bond acceptors (Lipinski definition) is 3. The van der Waals surface area contributed by atoms with Crippen molar-refractivity contribution in [3.05, 3.63) is 35.4 Å². The van der Waals surface area contributed by atoms with E-state index in [1.54, 1.807) is 23.6 Å². The molecule has 0 radical (unpaired) electrons. The highest BCUT2D eigenvalue weighted by Gasteiger charge is 2.44. The lowest BCUT2D eigenvalue weighted by Crippen LogP contribution is -2.37. The minimum absolute atomic E-state index is 0.0668. The second-order valence-electron chi connectivity index (χ2n) is 6.08. The number of amides is 1. The lowest BCUT2D eigenvalue weighted by Gasteiger charge is -2.28. The molecule has 1 saturated heterocycles. The predicted molar refractivity (Wildman–Crippen MR) is 82.3 cm³/mol. The van der Waals surface area contributed by atoms with Gasteiger partial charge in [-0.05, 0) is 36.6 Å². The summed E-state index contributed by atoms with van der Waals surface area (Å²) >= 11 is 1.67. The summed E-state index contributed by atoms with van der Waals surface area (Å²) in [7, 11) is 0. The first-order valence-corrected chi connectivity index (χ1v) is 8.28. The van der Waals surface area contributed by atoms with Crippen LogP contribution in [0.25, 0.3) is 0 Å². The molecule has 2 heterocycles. The van der Waals surface area contributed by atoms with E-state index in [1.807, 2.05) is 18.2 Å². The third-order valence-corrected chi connectivity index (χ3v) is 5.75. The average molecular weight is 305 g/mol. The SMILES string of the molecule is C[C@]1(C(=O)O)CCN(C(=O)[C@@H]2SCCc3ccccc32)C1. The van der Waals surface area contributed by atoms with Crippen LogP contribution in [0.5, 0.6) is 0 Å². The Hall–Kier alpha value is -1.49. The third-order valence-electron chi connectivity index (χ3n) is 4.52. The van der Waals surface area contributed by atoms with Crippen molar-refractivity contribution in [2.75, 3.05) is 18.8 Å². The molecule has 4 nitrogen and oxygen atoms in total. The summed E-state index contributed by atoms with van der Waals surface area (Å²) in [6.07, 6.45) is 1.53. The molecule has 0 aliphatic carbocycles. The molecule has 1 aromatic rings. The molecule has 1 amide bonds. The van der Waals surface area contributed by atoms with Crippen molar-refractivity contribution >= 4 is 23.6 Å². The molecule has 1 aromatic carbocycles. The molecule has 21 heavy (non-hydrogen) atoms. The lowest BCUT2D eigenvalue weighted by molar-refractivity contribution is -0.147. The van der Waals surface area contributed by atoms with E-state index in [9.17, 15) is 14.7 Å². The van der Waals surface area contributed by atoms with Gasteiger partial charge in [-0.3, -0.25) is 9.59 Å². The molecule has 2 atom stereocenters. The van der Waals surface area contributed by atoms with Gasteiger partial charge in [0.05, 0.1) is 5.41 Å². The standard InChI is InChI=1S/C16H19NO3S/c1-16(15(19)20)7-8-17(10-16)14(18)13-12-5-3-2-4-11(12)6-9-21-13/h2-5,13H,6-10H2,1H3,(H,19,20)/t13-,16+/m1/s1. The number of thioether (sulfide) groups is 1. The Kier molecular flexibility index (Phi) is 3.69. The average Bonchev–Trinajstić information content (AvgIpc) is 2.90. The molecule has 1 fully saturated rings. The molecular weight excluding hydrogens is 286 g/mol. The van der Waals surface area contributed by atoms with Gasteiger partial charge in [-0.1, -0.05) is 24.3 Å². The fourth-order valence-corrected chi connectivity index (χ4v) is 4.36. The Morgan fingerprint density at radius 1 is 1.38 bits per heavy atom. The number of aliphatic carboxylic acids is 1. The lowest BCUT2D eigenvalue weighted by atomic mass is 9.90. The monoisotopic (exact) mass is 305 g/mol. The van der Waals surface area contributed by atoms with Gasteiger partial charge in [-0.15, -0.1) is 11.8 Å². The van der Waals surface area contributed by atoms with Crippen LogP contribution in [0.2, 0.25) is 0 Å². The van der Waals surface area contributed by atoms with Crippen LogP contribution in [-0.4, -0.2) is 40.7 Å². The molecule has 112 valence electrons. The molecule has 0 saturated carbocycles. The molecular formula is C16H19NO3S. The number of carbonyl (C=O) groups is 2. The fraction of sp³-hybridized carbons (Fsp3) is 0.500. The summed E-state index contributed by atoms with van der Waals surface area (Å²) in [4.78, 5) is 25.8. The van der Waals surface area contributed by atoms with Crippen molar-refractivity contribution in [2.24, 2.45) is 5.41 Å². The first-order chi connectivity index (χ1) is 10.0. The topological polar surface area (TPSA) is 57.6 Å². The van der Waals surface area contributed by atoms with Gasteiger partial charge in [0.1, 0.15) is 5.25 Å². The van der Waals surface area contributed by atoms with Crippen LogP contribution in [0.4, 0.5) is 0 Å². The number of benzene rings is 1. The normalized spacial score (nSPS) is 28.2. The molecule has 0 aromatic heterocycles. The summed E-state index contributed by atoms with van der Waals surface area (Å²) in [5.74, 6) is 0.198. The second-order valence-corrected chi connectivity index (χ2v) is 7.29. The van der Waals surface area contributed by atoms with Gasteiger partial charge in [0.25, 0.3) is 0 Å². The van der Waals surface area contributed by atoms with Gasteiger partial charge in [-0.2, -0.15) is 0 Å². The van der Waals surface area contributed by atoms with Crippen molar-refractivity contribution in [2.45, 2.75) is 25.0 Å². The molecule has 0 bridgehead atoms. The number of carbonyl (C=O) groups excluding carboxylic acids is 1. The number of nitrogens with zero attached hydrogens (tertiary/aromatic N) is 1. The maximum Gasteiger partial charge on any atom is 0.311 e. The van der Waals surface area contributed by atoms with Gasteiger partial charge in [0.15, 0.2) is 0 Å². The van der Waals surface area contributed by atoms with E-state index in [4.69, 9.17) is 0 Å². The van der Waals surface area contributed by atoms with E-state index in [0.29, 0.717) is 19.5 Å². The van der Waals surface area contributed by atoms with E-state index in [2.05, 4.69) is 6.07 Å². The van der Waals surface area contributed by atoms with Crippen molar-refractivity contribution in [3.8, 4) is 0 Å². The highest BCUT2D eigenvalue weighted by molar-refractivity contribution is 8.00. The van der Waals surface area contributed by atoms with E-state index >= 15 is 0 Å². The maximum absolute atomic E-state index is 12.8. The molecule has 2 aliphatic heterocycles. The highest BCUT2D eigenvalue weighted by atomic mass is 32.2. The Labute approximate surface area is 128 Å². The molecule has 2 aliphatic rings. The molecule has 0 spiro atoms. The second kappa shape index (κ2) is 5.37. The zero-order chi connectivity index (χ0) is 15.0. The van der Waals surface area contributed by atoms with E-state index in [1.165, 1.54) is 5.56 Å². The Balaban J connectivity index is 1.80. The Morgan fingerprint density at radius 2 is 2.14 bits per heavy atom. The third kappa shape index (κ3) is 2.55. The summed E-state index contributed by atoms with van der Waals surface area (Å²) < 4.78 is 0. The number of hydrogen-bond donors (Lipinski definition) is 1. The molecule has 3 rings (SSSR count). The van der Waals surface area contributed by atoms with Gasteiger partial charge < -0.3 is 10.0 Å². The van der Waals surface area contributed by atoms with Crippen molar-refractivity contribution in [3.63, 3.8) is 0 Å². The molecule has 5 heteroatoms. The summed E-state index contributed by atoms with van der Waals surface area (Å²) in [6.45, 7) is 2.59. The Morgan fingerprint density at radius 3 is 2.86 bits per heavy atom. The van der Waals surface area contributed by atoms with Crippen LogP contribution in [0.3, 0.4) is 0 Å². The van der Waals surface area contributed by atoms with Crippen molar-refractivity contribution in [1.29, 1.82) is 0 Å². The number of carboxylic acids is 1. The Bertz CT molecular complexity index is 589. The van der Waals surface area contributed by atoms with Crippen LogP contribution in [0, 0.1) is 5.41 Å². The largest absolute Gasteiger partial charge is 0.481 e.